The number of hydrogen-bond acceptors (Lipinski definition) is 5. The number of ether oxygens (including phenoxy) is 1. The topological polar surface area (TPSA) is 94.3 Å². The molecule has 28 heavy (non-hydrogen) atoms. The third-order valence-corrected chi connectivity index (χ3v) is 4.56. The summed E-state index contributed by atoms with van der Waals surface area (Å²) < 4.78 is 35.8. The lowest BCUT2D eigenvalue weighted by atomic mass is 10.2. The molecular weight excluding hydrogens is 374 g/mol. The van der Waals surface area contributed by atoms with Gasteiger partial charge in [-0.2, -0.15) is 0 Å². The zero-order chi connectivity index (χ0) is 20.3. The standard InChI is InChI=1S/C17H22F2N6O3/c1-23-6-3-4-14(23)16(27)25-11-17(18,19)8-12(25)9-24-10-13(21-22-24)15(26)20-5-7-28-2/h3-4,6,10,12H,5,7-9,11H2,1-2H3,(H,20,26). The van der Waals surface area contributed by atoms with E-state index in [4.69, 9.17) is 4.74 Å². The summed E-state index contributed by atoms with van der Waals surface area (Å²) in [5.74, 6) is -3.88. The molecule has 1 N–H and O–H groups in total. The molecule has 3 rings (SSSR count). The summed E-state index contributed by atoms with van der Waals surface area (Å²) in [7, 11) is 3.20. The van der Waals surface area contributed by atoms with Crippen LogP contribution >= 0.6 is 0 Å². The first-order valence-corrected chi connectivity index (χ1v) is 8.78. The van der Waals surface area contributed by atoms with Gasteiger partial charge in [0.05, 0.1) is 31.9 Å². The van der Waals surface area contributed by atoms with Crippen molar-refractivity contribution < 1.29 is 23.1 Å². The molecule has 3 heterocycles. The fourth-order valence-corrected chi connectivity index (χ4v) is 3.19. The summed E-state index contributed by atoms with van der Waals surface area (Å²) in [5, 5.41) is 10.2. The zero-order valence-corrected chi connectivity index (χ0v) is 15.6. The Kier molecular flexibility index (Phi) is 5.73. The third kappa shape index (κ3) is 4.35. The number of nitrogens with one attached hydrogen (secondary N) is 1. The molecule has 1 saturated heterocycles. The van der Waals surface area contributed by atoms with E-state index in [1.165, 1.54) is 18.0 Å². The van der Waals surface area contributed by atoms with E-state index < -0.39 is 36.7 Å². The van der Waals surface area contributed by atoms with Crippen LogP contribution in [0.3, 0.4) is 0 Å². The minimum absolute atomic E-state index is 0.0180. The van der Waals surface area contributed by atoms with E-state index in [2.05, 4.69) is 15.6 Å². The Morgan fingerprint density at radius 2 is 2.21 bits per heavy atom. The number of methoxy groups -OCH3 is 1. The van der Waals surface area contributed by atoms with Gasteiger partial charge in [-0.25, -0.2) is 13.5 Å². The number of halogens is 2. The largest absolute Gasteiger partial charge is 0.383 e. The van der Waals surface area contributed by atoms with Crippen LogP contribution in [0.15, 0.2) is 24.5 Å². The van der Waals surface area contributed by atoms with Gasteiger partial charge < -0.3 is 19.5 Å². The number of hydrogen-bond donors (Lipinski definition) is 1. The van der Waals surface area contributed by atoms with E-state index in [1.54, 1.807) is 29.9 Å². The Balaban J connectivity index is 1.70. The third-order valence-electron chi connectivity index (χ3n) is 4.56. The van der Waals surface area contributed by atoms with Crippen LogP contribution < -0.4 is 5.32 Å². The van der Waals surface area contributed by atoms with E-state index in [-0.39, 0.29) is 12.2 Å². The molecule has 1 unspecified atom stereocenters. The summed E-state index contributed by atoms with van der Waals surface area (Å²) in [6.45, 7) is 0.0358. The summed E-state index contributed by atoms with van der Waals surface area (Å²) in [4.78, 5) is 25.9. The van der Waals surface area contributed by atoms with E-state index >= 15 is 0 Å². The lowest BCUT2D eigenvalue weighted by Crippen LogP contribution is -2.39. The van der Waals surface area contributed by atoms with Gasteiger partial charge in [-0.1, -0.05) is 5.21 Å². The average molecular weight is 396 g/mol. The number of likely N-dealkylation sites (tertiary alicyclic amines) is 1. The van der Waals surface area contributed by atoms with Crippen LogP contribution in [0.25, 0.3) is 0 Å². The average Bonchev–Trinajstić information content (AvgIpc) is 3.34. The summed E-state index contributed by atoms with van der Waals surface area (Å²) in [5.41, 5.74) is 0.403. The second-order valence-electron chi connectivity index (χ2n) is 6.73. The van der Waals surface area contributed by atoms with Crippen LogP contribution in [-0.2, 0) is 18.3 Å². The van der Waals surface area contributed by atoms with Crippen LogP contribution in [0.2, 0.25) is 0 Å². The molecule has 1 atom stereocenters. The first-order valence-electron chi connectivity index (χ1n) is 8.78. The minimum Gasteiger partial charge on any atom is -0.383 e. The van der Waals surface area contributed by atoms with E-state index in [0.717, 1.165) is 4.90 Å². The molecule has 9 nitrogen and oxygen atoms in total. The number of carbonyl (C=O) groups excluding carboxylic acids is 2. The zero-order valence-electron chi connectivity index (χ0n) is 15.6. The molecule has 2 aromatic heterocycles. The van der Waals surface area contributed by atoms with Crippen molar-refractivity contribution in [2.45, 2.75) is 24.9 Å². The van der Waals surface area contributed by atoms with Crippen molar-refractivity contribution in [3.8, 4) is 0 Å². The van der Waals surface area contributed by atoms with Crippen molar-refractivity contribution in [2.75, 3.05) is 26.8 Å². The predicted molar refractivity (Wildman–Crippen MR) is 94.0 cm³/mol. The summed E-state index contributed by atoms with van der Waals surface area (Å²) >= 11 is 0. The molecule has 1 aliphatic rings. The van der Waals surface area contributed by atoms with Crippen molar-refractivity contribution in [1.29, 1.82) is 0 Å². The predicted octanol–water partition coefficient (Wildman–Crippen LogP) is 0.543. The molecule has 152 valence electrons. The van der Waals surface area contributed by atoms with Gasteiger partial charge in [-0.3, -0.25) is 9.59 Å². The second kappa shape index (κ2) is 8.05. The van der Waals surface area contributed by atoms with Crippen molar-refractivity contribution in [2.24, 2.45) is 7.05 Å². The Bertz CT molecular complexity index is 850. The second-order valence-corrected chi connectivity index (χ2v) is 6.73. The van der Waals surface area contributed by atoms with E-state index in [9.17, 15) is 18.4 Å². The molecule has 0 bridgehead atoms. The normalized spacial score (nSPS) is 18.4. The molecule has 1 aliphatic heterocycles. The van der Waals surface area contributed by atoms with Crippen LogP contribution in [0.1, 0.15) is 27.4 Å². The number of rotatable bonds is 7. The highest BCUT2D eigenvalue weighted by Crippen LogP contribution is 2.33. The highest BCUT2D eigenvalue weighted by atomic mass is 19.3. The SMILES string of the molecule is COCCNC(=O)c1cn(CC2CC(F)(F)CN2C(=O)c2cccn2C)nn1. The summed E-state index contributed by atoms with van der Waals surface area (Å²) in [6, 6.07) is 2.51. The smallest absolute Gasteiger partial charge is 0.273 e. The lowest BCUT2D eigenvalue weighted by Gasteiger charge is -2.23. The molecule has 0 spiro atoms. The number of aromatic nitrogens is 4. The molecule has 0 aliphatic carbocycles. The van der Waals surface area contributed by atoms with Crippen molar-refractivity contribution >= 4 is 11.8 Å². The van der Waals surface area contributed by atoms with Gasteiger partial charge in [0.2, 0.25) is 0 Å². The molecule has 0 radical (unpaired) electrons. The van der Waals surface area contributed by atoms with E-state index in [0.29, 0.717) is 18.8 Å². The van der Waals surface area contributed by atoms with Crippen LogP contribution in [0, 0.1) is 0 Å². The Hall–Kier alpha value is -2.82. The maximum Gasteiger partial charge on any atom is 0.273 e. The Morgan fingerprint density at radius 1 is 1.43 bits per heavy atom. The van der Waals surface area contributed by atoms with Gasteiger partial charge in [-0.05, 0) is 12.1 Å². The van der Waals surface area contributed by atoms with Gasteiger partial charge in [0, 0.05) is 33.3 Å². The molecule has 2 aromatic rings. The quantitative estimate of drug-likeness (QED) is 0.690. The maximum absolute atomic E-state index is 14.0. The van der Waals surface area contributed by atoms with Gasteiger partial charge >= 0.3 is 0 Å². The molecular formula is C17H22F2N6O3. The monoisotopic (exact) mass is 396 g/mol. The van der Waals surface area contributed by atoms with Gasteiger partial charge in [0.15, 0.2) is 5.69 Å². The number of nitrogens with zero attached hydrogens (tertiary/aromatic N) is 5. The highest BCUT2D eigenvalue weighted by molar-refractivity contribution is 5.93. The van der Waals surface area contributed by atoms with Gasteiger partial charge in [0.1, 0.15) is 5.69 Å². The number of amides is 2. The van der Waals surface area contributed by atoms with Crippen molar-refractivity contribution in [3.05, 3.63) is 35.9 Å². The van der Waals surface area contributed by atoms with Gasteiger partial charge in [-0.15, -0.1) is 5.10 Å². The number of aryl methyl sites for hydroxylation is 1. The fourth-order valence-electron chi connectivity index (χ4n) is 3.19. The number of carbonyl (C=O) groups is 2. The minimum atomic E-state index is -2.98. The van der Waals surface area contributed by atoms with Crippen LogP contribution in [0.5, 0.6) is 0 Å². The van der Waals surface area contributed by atoms with Crippen molar-refractivity contribution in [3.63, 3.8) is 0 Å². The lowest BCUT2D eigenvalue weighted by molar-refractivity contribution is 0.0116. The maximum atomic E-state index is 14.0. The van der Waals surface area contributed by atoms with Crippen LogP contribution in [-0.4, -0.2) is 75.0 Å². The Morgan fingerprint density at radius 3 is 2.89 bits per heavy atom. The summed E-state index contributed by atoms with van der Waals surface area (Å²) in [6.07, 6.45) is 2.59. The molecule has 0 aromatic carbocycles. The first kappa shape index (κ1) is 19.9. The Labute approximate surface area is 160 Å². The molecule has 0 saturated carbocycles. The first-order chi connectivity index (χ1) is 13.3. The molecule has 2 amide bonds. The molecule has 1 fully saturated rings. The highest BCUT2D eigenvalue weighted by Gasteiger charge is 2.47. The van der Waals surface area contributed by atoms with Gasteiger partial charge in [0.25, 0.3) is 17.7 Å². The molecule has 11 heteroatoms. The van der Waals surface area contributed by atoms with E-state index in [1.807, 2.05) is 0 Å². The van der Waals surface area contributed by atoms with Crippen molar-refractivity contribution in [1.82, 2.24) is 29.8 Å². The number of alkyl halides is 2. The van der Waals surface area contributed by atoms with Crippen LogP contribution in [0.4, 0.5) is 8.78 Å². The fraction of sp³-hybridized carbons (Fsp3) is 0.529.